The minimum atomic E-state index is -0.378. The van der Waals surface area contributed by atoms with Gasteiger partial charge in [-0.3, -0.25) is 0 Å². The normalized spacial score (nSPS) is 15.0. The molecule has 0 aromatic rings. The number of rotatable bonds is 2. The monoisotopic (exact) mass is 123 g/mol. The summed E-state index contributed by atoms with van der Waals surface area (Å²) in [6.45, 7) is 7.26. The van der Waals surface area contributed by atoms with Crippen molar-refractivity contribution in [3.63, 3.8) is 0 Å². The van der Waals surface area contributed by atoms with Crippen LogP contribution in [0.25, 0.3) is 0 Å². The first-order chi connectivity index (χ1) is 4.12. The van der Waals surface area contributed by atoms with Gasteiger partial charge in [0, 0.05) is 0 Å². The van der Waals surface area contributed by atoms with Crippen LogP contribution in [0.15, 0.2) is 12.7 Å². The van der Waals surface area contributed by atoms with Gasteiger partial charge in [0.05, 0.1) is 5.54 Å². The second-order valence-corrected chi connectivity index (χ2v) is 2.29. The van der Waals surface area contributed by atoms with E-state index in [1.165, 1.54) is 0 Å². The highest BCUT2D eigenvalue weighted by Crippen LogP contribution is 2.02. The van der Waals surface area contributed by atoms with Crippen LogP contribution in [0.1, 0.15) is 20.3 Å². The highest BCUT2D eigenvalue weighted by molar-refractivity contribution is 5.14. The van der Waals surface area contributed by atoms with Crippen molar-refractivity contribution in [2.45, 2.75) is 25.8 Å². The Balaban J connectivity index is 3.95. The lowest BCUT2D eigenvalue weighted by Gasteiger charge is -2.13. The van der Waals surface area contributed by atoms with Gasteiger partial charge in [-0.25, -0.2) is 0 Å². The molecule has 0 spiro atoms. The third-order valence-electron chi connectivity index (χ3n) is 0.979. The molecule has 0 amide bonds. The first-order valence-electron chi connectivity index (χ1n) is 2.96. The van der Waals surface area contributed by atoms with Crippen LogP contribution in [-0.4, -0.2) is 5.54 Å². The molecule has 2 N–H and O–H groups in total. The molecule has 0 aliphatic carbocycles. The van der Waals surface area contributed by atoms with E-state index >= 15 is 0 Å². The van der Waals surface area contributed by atoms with Crippen molar-refractivity contribution in [2.24, 2.45) is 5.73 Å². The van der Waals surface area contributed by atoms with Gasteiger partial charge in [-0.1, -0.05) is 12.0 Å². The molecule has 0 saturated heterocycles. The van der Waals surface area contributed by atoms with Crippen molar-refractivity contribution in [1.29, 1.82) is 0 Å². The second-order valence-electron chi connectivity index (χ2n) is 2.29. The van der Waals surface area contributed by atoms with Crippen LogP contribution >= 0.6 is 0 Å². The van der Waals surface area contributed by atoms with Crippen molar-refractivity contribution in [3.05, 3.63) is 12.7 Å². The summed E-state index contributed by atoms with van der Waals surface area (Å²) >= 11 is 0. The molecule has 0 rings (SSSR count). The van der Waals surface area contributed by atoms with Crippen LogP contribution < -0.4 is 5.73 Å². The molecule has 0 bridgehead atoms. The minimum Gasteiger partial charge on any atom is -0.315 e. The van der Waals surface area contributed by atoms with E-state index in [0.717, 1.165) is 6.42 Å². The van der Waals surface area contributed by atoms with Crippen LogP contribution in [-0.2, 0) is 0 Å². The summed E-state index contributed by atoms with van der Waals surface area (Å²) in [5, 5.41) is 0. The Morgan fingerprint density at radius 1 is 1.78 bits per heavy atom. The lowest BCUT2D eigenvalue weighted by Crippen LogP contribution is -2.33. The fourth-order valence-corrected chi connectivity index (χ4v) is 0.636. The van der Waals surface area contributed by atoms with E-state index in [2.05, 4.69) is 18.4 Å². The molecule has 0 aromatic carbocycles. The molecule has 0 aliphatic heterocycles. The molecule has 0 radical (unpaired) electrons. The van der Waals surface area contributed by atoms with E-state index < -0.39 is 0 Å². The third-order valence-corrected chi connectivity index (χ3v) is 0.979. The first kappa shape index (κ1) is 8.26. The van der Waals surface area contributed by atoms with E-state index in [0.29, 0.717) is 0 Å². The summed E-state index contributed by atoms with van der Waals surface area (Å²) < 4.78 is 0. The molecule has 1 nitrogen and oxygen atoms in total. The number of nitrogens with two attached hydrogens (primary N) is 1. The third kappa shape index (κ3) is 3.81. The Morgan fingerprint density at radius 3 is 2.67 bits per heavy atom. The Labute approximate surface area is 56.9 Å². The zero-order valence-corrected chi connectivity index (χ0v) is 6.07. The summed E-state index contributed by atoms with van der Waals surface area (Å²) in [6, 6.07) is 0. The zero-order valence-electron chi connectivity index (χ0n) is 6.07. The van der Waals surface area contributed by atoms with E-state index in [4.69, 9.17) is 5.73 Å². The molecule has 0 fully saturated rings. The zero-order chi connectivity index (χ0) is 7.33. The highest BCUT2D eigenvalue weighted by Gasteiger charge is 2.10. The Bertz CT molecular complexity index is 146. The summed E-state index contributed by atoms with van der Waals surface area (Å²) in [4.78, 5) is 0. The maximum absolute atomic E-state index is 5.69. The topological polar surface area (TPSA) is 26.0 Å². The van der Waals surface area contributed by atoms with Gasteiger partial charge < -0.3 is 5.73 Å². The standard InChI is InChI=1S/C8H13N/c1-4-6-8(3,9)7-5-2/h4H,1,6,9H2,2-3H3. The van der Waals surface area contributed by atoms with Crippen LogP contribution in [0.5, 0.6) is 0 Å². The largest absolute Gasteiger partial charge is 0.315 e. The molecular weight excluding hydrogens is 110 g/mol. The van der Waals surface area contributed by atoms with Gasteiger partial charge in [0.25, 0.3) is 0 Å². The molecule has 50 valence electrons. The summed E-state index contributed by atoms with van der Waals surface area (Å²) in [7, 11) is 0. The van der Waals surface area contributed by atoms with E-state index in [1.54, 1.807) is 13.0 Å². The number of hydrogen-bond donors (Lipinski definition) is 1. The smallest absolute Gasteiger partial charge is 0.0782 e. The van der Waals surface area contributed by atoms with Gasteiger partial charge in [0.1, 0.15) is 0 Å². The minimum absolute atomic E-state index is 0.378. The number of hydrogen-bond acceptors (Lipinski definition) is 1. The van der Waals surface area contributed by atoms with E-state index in [-0.39, 0.29) is 5.54 Å². The maximum atomic E-state index is 5.69. The van der Waals surface area contributed by atoms with E-state index in [1.807, 2.05) is 6.92 Å². The molecule has 0 heterocycles. The predicted molar refractivity (Wildman–Crippen MR) is 40.9 cm³/mol. The van der Waals surface area contributed by atoms with Crippen molar-refractivity contribution in [2.75, 3.05) is 0 Å². The van der Waals surface area contributed by atoms with Crippen LogP contribution in [0.2, 0.25) is 0 Å². The van der Waals surface area contributed by atoms with E-state index in [9.17, 15) is 0 Å². The quantitative estimate of drug-likeness (QED) is 0.434. The van der Waals surface area contributed by atoms with Gasteiger partial charge in [0.2, 0.25) is 0 Å². The van der Waals surface area contributed by atoms with Gasteiger partial charge in [0.15, 0.2) is 0 Å². The molecule has 0 aliphatic rings. The van der Waals surface area contributed by atoms with Crippen LogP contribution in [0.3, 0.4) is 0 Å². The fraction of sp³-hybridized carbons (Fsp3) is 0.500. The van der Waals surface area contributed by atoms with Gasteiger partial charge >= 0.3 is 0 Å². The molecule has 0 saturated carbocycles. The Morgan fingerprint density at radius 2 is 2.33 bits per heavy atom. The van der Waals surface area contributed by atoms with Gasteiger partial charge in [-0.05, 0) is 20.3 Å². The molecular formula is C8H13N. The SMILES string of the molecule is C=CCC(C)(N)C#CC. The van der Waals surface area contributed by atoms with Gasteiger partial charge in [-0.2, -0.15) is 0 Å². The summed E-state index contributed by atoms with van der Waals surface area (Å²) in [5.41, 5.74) is 5.31. The molecule has 1 atom stereocenters. The molecule has 1 unspecified atom stereocenters. The van der Waals surface area contributed by atoms with Crippen LogP contribution in [0, 0.1) is 11.8 Å². The predicted octanol–water partition coefficient (Wildman–Crippen LogP) is 1.30. The maximum Gasteiger partial charge on any atom is 0.0782 e. The average molecular weight is 123 g/mol. The summed E-state index contributed by atoms with van der Waals surface area (Å²) in [6.07, 6.45) is 2.53. The summed E-state index contributed by atoms with van der Waals surface area (Å²) in [5.74, 6) is 5.65. The second kappa shape index (κ2) is 3.32. The lowest BCUT2D eigenvalue weighted by atomic mass is 10.0. The van der Waals surface area contributed by atoms with Gasteiger partial charge in [-0.15, -0.1) is 12.5 Å². The molecule has 9 heavy (non-hydrogen) atoms. The van der Waals surface area contributed by atoms with Crippen LogP contribution in [0.4, 0.5) is 0 Å². The van der Waals surface area contributed by atoms with Crippen molar-refractivity contribution >= 4 is 0 Å². The fourth-order valence-electron chi connectivity index (χ4n) is 0.636. The first-order valence-corrected chi connectivity index (χ1v) is 2.96. The molecule has 1 heteroatoms. The van der Waals surface area contributed by atoms with Crippen molar-refractivity contribution in [3.8, 4) is 11.8 Å². The molecule has 0 aromatic heterocycles. The highest BCUT2D eigenvalue weighted by atomic mass is 14.7. The Hall–Kier alpha value is -0.740. The average Bonchev–Trinajstić information content (AvgIpc) is 1.64. The van der Waals surface area contributed by atoms with Crippen molar-refractivity contribution < 1.29 is 0 Å². The lowest BCUT2D eigenvalue weighted by molar-refractivity contribution is 0.618. The van der Waals surface area contributed by atoms with Crippen molar-refractivity contribution in [1.82, 2.24) is 0 Å². The Kier molecular flexibility index (Phi) is 3.05.